The largest absolute Gasteiger partial charge is 0.491 e. The second kappa shape index (κ2) is 6.68. The lowest BCUT2D eigenvalue weighted by Crippen LogP contribution is -2.47. The molecule has 0 amide bonds. The highest BCUT2D eigenvalue weighted by atomic mass is 79.9. The van der Waals surface area contributed by atoms with E-state index < -0.39 is 0 Å². The molecule has 0 N–H and O–H groups in total. The molecule has 1 fully saturated rings. The molecule has 5 heteroatoms. The summed E-state index contributed by atoms with van der Waals surface area (Å²) in [6.07, 6.45) is 0.0694. The van der Waals surface area contributed by atoms with Crippen molar-refractivity contribution in [2.24, 2.45) is 0 Å². The Bertz CT molecular complexity index is 428. The molecule has 3 nitrogen and oxygen atoms in total. The fourth-order valence-electron chi connectivity index (χ4n) is 2.07. The number of benzene rings is 1. The number of hydrogen-bond donors (Lipinski definition) is 0. The van der Waals surface area contributed by atoms with Gasteiger partial charge < -0.3 is 9.47 Å². The van der Waals surface area contributed by atoms with Crippen molar-refractivity contribution >= 4 is 15.9 Å². The van der Waals surface area contributed by atoms with Crippen LogP contribution in [-0.4, -0.2) is 43.3 Å². The lowest BCUT2D eigenvalue weighted by molar-refractivity contribution is -0.0564. The molecule has 0 aliphatic carbocycles. The van der Waals surface area contributed by atoms with Crippen LogP contribution in [0.25, 0.3) is 0 Å². The molecule has 1 unspecified atom stereocenters. The van der Waals surface area contributed by atoms with E-state index in [2.05, 4.69) is 34.7 Å². The van der Waals surface area contributed by atoms with Gasteiger partial charge in [-0.2, -0.15) is 0 Å². The third kappa shape index (κ3) is 4.16. The molecule has 2 rings (SSSR count). The van der Waals surface area contributed by atoms with Gasteiger partial charge in [-0.1, -0.05) is 0 Å². The van der Waals surface area contributed by atoms with Gasteiger partial charge in [0.15, 0.2) is 0 Å². The summed E-state index contributed by atoms with van der Waals surface area (Å²) in [7, 11) is 0. The minimum absolute atomic E-state index is 0.0694. The van der Waals surface area contributed by atoms with Gasteiger partial charge in [0.05, 0.1) is 11.1 Å². The molecule has 0 saturated carbocycles. The summed E-state index contributed by atoms with van der Waals surface area (Å²) >= 11 is 3.15. The lowest BCUT2D eigenvalue weighted by atomic mass is 10.2. The molecule has 0 spiro atoms. The Kier molecular flexibility index (Phi) is 5.19. The molecule has 1 heterocycles. The minimum atomic E-state index is -0.285. The second-order valence-corrected chi connectivity index (χ2v) is 5.82. The van der Waals surface area contributed by atoms with Gasteiger partial charge in [-0.25, -0.2) is 4.39 Å². The first kappa shape index (κ1) is 14.8. The van der Waals surface area contributed by atoms with Gasteiger partial charge in [-0.3, -0.25) is 4.90 Å². The van der Waals surface area contributed by atoms with E-state index in [0.717, 1.165) is 19.7 Å². The molecule has 19 heavy (non-hydrogen) atoms. The predicted octanol–water partition coefficient (Wildman–Crippen LogP) is 3.08. The summed E-state index contributed by atoms with van der Waals surface area (Å²) in [6.45, 7) is 7.43. The highest BCUT2D eigenvalue weighted by Gasteiger charge is 2.22. The first-order valence-electron chi connectivity index (χ1n) is 6.50. The van der Waals surface area contributed by atoms with E-state index in [9.17, 15) is 4.39 Å². The van der Waals surface area contributed by atoms with Gasteiger partial charge in [-0.05, 0) is 48.0 Å². The molecule has 1 aromatic rings. The van der Waals surface area contributed by atoms with Gasteiger partial charge >= 0.3 is 0 Å². The smallest absolute Gasteiger partial charge is 0.137 e. The van der Waals surface area contributed by atoms with Crippen molar-refractivity contribution < 1.29 is 13.9 Å². The summed E-state index contributed by atoms with van der Waals surface area (Å²) in [5, 5.41) is 0. The van der Waals surface area contributed by atoms with E-state index in [4.69, 9.17) is 9.47 Å². The van der Waals surface area contributed by atoms with Crippen molar-refractivity contribution in [3.8, 4) is 5.75 Å². The third-order valence-electron chi connectivity index (χ3n) is 3.23. The Morgan fingerprint density at radius 1 is 1.53 bits per heavy atom. The normalized spacial score (nSPS) is 20.8. The van der Waals surface area contributed by atoms with Crippen LogP contribution in [-0.2, 0) is 4.74 Å². The van der Waals surface area contributed by atoms with Crippen molar-refractivity contribution in [2.75, 3.05) is 26.3 Å². The standard InChI is InChI=1S/C14H19BrFNO2/c1-10(2)17-5-6-18-12(8-17)9-19-11-3-4-14(16)13(15)7-11/h3-4,7,10,12H,5-6,8-9H2,1-2H3. The topological polar surface area (TPSA) is 21.7 Å². The van der Waals surface area contributed by atoms with E-state index in [1.807, 2.05) is 0 Å². The zero-order valence-electron chi connectivity index (χ0n) is 11.2. The van der Waals surface area contributed by atoms with Crippen LogP contribution in [0.5, 0.6) is 5.75 Å². The molecule has 1 aliphatic rings. The second-order valence-electron chi connectivity index (χ2n) is 4.97. The monoisotopic (exact) mass is 331 g/mol. The third-order valence-corrected chi connectivity index (χ3v) is 3.84. The van der Waals surface area contributed by atoms with Gasteiger partial charge in [0.1, 0.15) is 24.3 Å². The Balaban J connectivity index is 1.86. The van der Waals surface area contributed by atoms with Gasteiger partial charge in [0.2, 0.25) is 0 Å². The van der Waals surface area contributed by atoms with Crippen LogP contribution < -0.4 is 4.74 Å². The highest BCUT2D eigenvalue weighted by Crippen LogP contribution is 2.22. The van der Waals surface area contributed by atoms with Crippen LogP contribution in [0.1, 0.15) is 13.8 Å². The Hall–Kier alpha value is -0.650. The van der Waals surface area contributed by atoms with E-state index in [1.165, 1.54) is 6.07 Å². The molecule has 106 valence electrons. The molecule has 1 aromatic carbocycles. The van der Waals surface area contributed by atoms with Crippen LogP contribution in [0, 0.1) is 5.82 Å². The summed E-state index contributed by atoms with van der Waals surface area (Å²) in [5.41, 5.74) is 0. The number of morpholine rings is 1. The molecule has 0 aromatic heterocycles. The molecule has 1 aliphatic heterocycles. The number of hydrogen-bond acceptors (Lipinski definition) is 3. The first-order valence-corrected chi connectivity index (χ1v) is 7.29. The number of halogens is 2. The summed E-state index contributed by atoms with van der Waals surface area (Å²) in [6, 6.07) is 5.18. The highest BCUT2D eigenvalue weighted by molar-refractivity contribution is 9.10. The van der Waals surface area contributed by atoms with Gasteiger partial charge in [0, 0.05) is 19.1 Å². The Labute approximate surface area is 121 Å². The Morgan fingerprint density at radius 3 is 3.00 bits per heavy atom. The molecule has 0 bridgehead atoms. The maximum Gasteiger partial charge on any atom is 0.137 e. The van der Waals surface area contributed by atoms with Gasteiger partial charge in [-0.15, -0.1) is 0 Å². The maximum atomic E-state index is 13.1. The zero-order chi connectivity index (χ0) is 13.8. The number of rotatable bonds is 4. The van der Waals surface area contributed by atoms with Crippen molar-refractivity contribution in [2.45, 2.75) is 26.0 Å². The quantitative estimate of drug-likeness (QED) is 0.846. The average molecular weight is 332 g/mol. The van der Waals surface area contributed by atoms with Crippen molar-refractivity contribution in [1.82, 2.24) is 4.90 Å². The fourth-order valence-corrected chi connectivity index (χ4v) is 2.43. The zero-order valence-corrected chi connectivity index (χ0v) is 12.8. The molecule has 1 atom stereocenters. The van der Waals surface area contributed by atoms with E-state index in [-0.39, 0.29) is 11.9 Å². The molecular formula is C14H19BrFNO2. The number of nitrogens with zero attached hydrogens (tertiary/aromatic N) is 1. The summed E-state index contributed by atoms with van der Waals surface area (Å²) in [5.74, 6) is 0.366. The Morgan fingerprint density at radius 2 is 2.32 bits per heavy atom. The van der Waals surface area contributed by atoms with Crippen molar-refractivity contribution in [3.63, 3.8) is 0 Å². The number of ether oxygens (including phenoxy) is 2. The fraction of sp³-hybridized carbons (Fsp3) is 0.571. The molecule has 0 radical (unpaired) electrons. The first-order chi connectivity index (χ1) is 9.06. The van der Waals surface area contributed by atoms with Crippen LogP contribution in [0.15, 0.2) is 22.7 Å². The van der Waals surface area contributed by atoms with Crippen LogP contribution in [0.2, 0.25) is 0 Å². The lowest BCUT2D eigenvalue weighted by Gasteiger charge is -2.35. The van der Waals surface area contributed by atoms with Crippen molar-refractivity contribution in [3.05, 3.63) is 28.5 Å². The summed E-state index contributed by atoms with van der Waals surface area (Å²) < 4.78 is 24.9. The average Bonchev–Trinajstić information content (AvgIpc) is 2.40. The molecule has 1 saturated heterocycles. The maximum absolute atomic E-state index is 13.1. The van der Waals surface area contributed by atoms with Crippen LogP contribution in [0.4, 0.5) is 4.39 Å². The summed E-state index contributed by atoms with van der Waals surface area (Å²) in [4.78, 5) is 2.37. The van der Waals surface area contributed by atoms with Gasteiger partial charge in [0.25, 0.3) is 0 Å². The van der Waals surface area contributed by atoms with Crippen LogP contribution >= 0.6 is 15.9 Å². The predicted molar refractivity (Wildman–Crippen MR) is 76.0 cm³/mol. The van der Waals surface area contributed by atoms with Crippen LogP contribution in [0.3, 0.4) is 0 Å². The minimum Gasteiger partial charge on any atom is -0.491 e. The van der Waals surface area contributed by atoms with E-state index in [0.29, 0.717) is 22.9 Å². The SMILES string of the molecule is CC(C)N1CCOC(COc2ccc(F)c(Br)c2)C1. The van der Waals surface area contributed by atoms with E-state index in [1.54, 1.807) is 12.1 Å². The molecular weight excluding hydrogens is 313 g/mol. The van der Waals surface area contributed by atoms with Crippen molar-refractivity contribution in [1.29, 1.82) is 0 Å². The van der Waals surface area contributed by atoms with E-state index >= 15 is 0 Å².